The van der Waals surface area contributed by atoms with Crippen LogP contribution >= 0.6 is 0 Å². The van der Waals surface area contributed by atoms with E-state index in [2.05, 4.69) is 22.7 Å². The van der Waals surface area contributed by atoms with Gasteiger partial charge in [0.1, 0.15) is 12.1 Å². The van der Waals surface area contributed by atoms with Gasteiger partial charge in [0.05, 0.1) is 18.9 Å². The molecule has 0 saturated carbocycles. The molecule has 3 heterocycles. The molecule has 2 amide bonds. The summed E-state index contributed by atoms with van der Waals surface area (Å²) in [7, 11) is 0. The Kier molecular flexibility index (Phi) is 6.15. The molecule has 2 N–H and O–H groups in total. The fraction of sp³-hybridized carbons (Fsp3) is 0.500. The maximum Gasteiger partial charge on any atom is 0.248 e. The molecule has 4 rings (SSSR count). The Bertz CT molecular complexity index is 897. The molecule has 8 heteroatoms. The second-order valence-electron chi connectivity index (χ2n) is 7.98. The number of rotatable bonds is 8. The van der Waals surface area contributed by atoms with E-state index in [9.17, 15) is 9.59 Å². The molecule has 2 aliphatic heterocycles. The summed E-state index contributed by atoms with van der Waals surface area (Å²) in [6.45, 7) is 6.70. The number of fused-ring (bicyclic) bond motifs is 1. The van der Waals surface area contributed by atoms with Crippen molar-refractivity contribution in [3.63, 3.8) is 0 Å². The molecule has 0 unspecified atom stereocenters. The first-order valence-electron chi connectivity index (χ1n) is 10.5. The van der Waals surface area contributed by atoms with Crippen LogP contribution in [0.1, 0.15) is 30.2 Å². The van der Waals surface area contributed by atoms with Gasteiger partial charge in [-0.25, -0.2) is 0 Å². The maximum atomic E-state index is 12.9. The van der Waals surface area contributed by atoms with E-state index < -0.39 is 12.1 Å². The van der Waals surface area contributed by atoms with E-state index in [-0.39, 0.29) is 24.5 Å². The zero-order valence-electron chi connectivity index (χ0n) is 17.5. The van der Waals surface area contributed by atoms with Gasteiger partial charge in [-0.05, 0) is 25.8 Å². The summed E-state index contributed by atoms with van der Waals surface area (Å²) in [6, 6.07) is 8.84. The lowest BCUT2D eigenvalue weighted by Gasteiger charge is -2.34. The molecule has 2 aromatic rings. The monoisotopic (exact) mass is 411 g/mol. The summed E-state index contributed by atoms with van der Waals surface area (Å²) in [6.07, 6.45) is 2.67. The highest BCUT2D eigenvalue weighted by Gasteiger charge is 2.46. The van der Waals surface area contributed by atoms with Gasteiger partial charge in [0, 0.05) is 37.4 Å². The number of aryl methyl sites for hydroxylation is 2. The third-order valence-corrected chi connectivity index (χ3v) is 5.85. The van der Waals surface area contributed by atoms with Crippen LogP contribution in [0.4, 0.5) is 0 Å². The zero-order valence-corrected chi connectivity index (χ0v) is 17.5. The van der Waals surface area contributed by atoms with Gasteiger partial charge in [-0.3, -0.25) is 14.3 Å². The van der Waals surface area contributed by atoms with Crippen molar-refractivity contribution in [3.8, 4) is 0 Å². The topological polar surface area (TPSA) is 88.5 Å². The predicted molar refractivity (Wildman–Crippen MR) is 111 cm³/mol. The number of amides is 2. The van der Waals surface area contributed by atoms with E-state index in [0.29, 0.717) is 26.1 Å². The highest BCUT2D eigenvalue weighted by atomic mass is 16.5. The van der Waals surface area contributed by atoms with Gasteiger partial charge in [-0.15, -0.1) is 0 Å². The molecule has 1 aromatic carbocycles. The summed E-state index contributed by atoms with van der Waals surface area (Å²) < 4.78 is 7.62. The molecule has 0 radical (unpaired) electrons. The second-order valence-corrected chi connectivity index (χ2v) is 7.98. The third kappa shape index (κ3) is 4.39. The van der Waals surface area contributed by atoms with Crippen LogP contribution in [0, 0.1) is 6.92 Å². The average molecular weight is 412 g/mol. The van der Waals surface area contributed by atoms with Crippen molar-refractivity contribution in [2.75, 3.05) is 13.2 Å². The lowest BCUT2D eigenvalue weighted by molar-refractivity contribution is -0.148. The number of nitrogens with one attached hydrogen (secondary N) is 2. The minimum Gasteiger partial charge on any atom is -0.374 e. The number of hydrogen-bond donors (Lipinski definition) is 2. The van der Waals surface area contributed by atoms with Crippen molar-refractivity contribution >= 4 is 11.8 Å². The minimum atomic E-state index is -0.624. The number of nitrogens with zero attached hydrogens (tertiary/aromatic N) is 3. The molecule has 160 valence electrons. The molecule has 0 aliphatic carbocycles. The van der Waals surface area contributed by atoms with Gasteiger partial charge in [0.25, 0.3) is 0 Å². The molecule has 8 nitrogen and oxygen atoms in total. The summed E-state index contributed by atoms with van der Waals surface area (Å²) in [5.74, 6) is -0.158. The van der Waals surface area contributed by atoms with Gasteiger partial charge < -0.3 is 20.3 Å². The number of benzene rings is 1. The SMILES string of the molecule is CCn1cc(CN[C@H]2C[C@H]3C(=O)N[C@@H](COCc4ccccc4)C(=O)N3C2)c(C)n1. The standard InChI is InChI=1S/C22H29N5O3/c1-3-26-11-17(15(2)25-26)10-23-18-9-20-21(28)24-19(22(29)27(20)12-18)14-30-13-16-7-5-4-6-8-16/h4-8,11,18-20,23H,3,9-10,12-14H2,1-2H3,(H,24,28)/t18-,19-,20-/m0/s1. The Morgan fingerprint density at radius 1 is 1.27 bits per heavy atom. The van der Waals surface area contributed by atoms with Crippen molar-refractivity contribution in [2.24, 2.45) is 0 Å². The Balaban J connectivity index is 1.30. The summed E-state index contributed by atoms with van der Waals surface area (Å²) >= 11 is 0. The molecular weight excluding hydrogens is 382 g/mol. The summed E-state index contributed by atoms with van der Waals surface area (Å²) in [5, 5.41) is 10.8. The number of hydrogen-bond acceptors (Lipinski definition) is 5. The number of ether oxygens (including phenoxy) is 1. The summed E-state index contributed by atoms with van der Waals surface area (Å²) in [4.78, 5) is 27.2. The molecule has 1 aromatic heterocycles. The highest BCUT2D eigenvalue weighted by Crippen LogP contribution is 2.23. The van der Waals surface area contributed by atoms with Gasteiger partial charge in [-0.2, -0.15) is 5.10 Å². The van der Waals surface area contributed by atoms with E-state index in [0.717, 1.165) is 23.4 Å². The number of carbonyl (C=O) groups is 2. The Morgan fingerprint density at radius 2 is 2.07 bits per heavy atom. The lowest BCUT2D eigenvalue weighted by Crippen LogP contribution is -2.62. The van der Waals surface area contributed by atoms with Crippen LogP contribution in [-0.2, 0) is 34.0 Å². The van der Waals surface area contributed by atoms with Crippen molar-refractivity contribution in [3.05, 3.63) is 53.3 Å². The predicted octanol–water partition coefficient (Wildman–Crippen LogP) is 0.986. The van der Waals surface area contributed by atoms with E-state index in [1.165, 1.54) is 0 Å². The maximum absolute atomic E-state index is 12.9. The van der Waals surface area contributed by atoms with Crippen molar-refractivity contribution in [1.29, 1.82) is 0 Å². The lowest BCUT2D eigenvalue weighted by atomic mass is 10.1. The molecule has 0 spiro atoms. The van der Waals surface area contributed by atoms with Crippen molar-refractivity contribution in [2.45, 2.75) is 58.1 Å². The van der Waals surface area contributed by atoms with Gasteiger partial charge in [-0.1, -0.05) is 30.3 Å². The van der Waals surface area contributed by atoms with Gasteiger partial charge in [0.2, 0.25) is 11.8 Å². The van der Waals surface area contributed by atoms with Gasteiger partial charge >= 0.3 is 0 Å². The van der Waals surface area contributed by atoms with E-state index in [1.807, 2.05) is 48.1 Å². The Morgan fingerprint density at radius 3 is 2.80 bits per heavy atom. The number of piperazine rings is 1. The van der Waals surface area contributed by atoms with Crippen LogP contribution < -0.4 is 10.6 Å². The first kappa shape index (κ1) is 20.6. The molecule has 2 aliphatic rings. The smallest absolute Gasteiger partial charge is 0.248 e. The highest BCUT2D eigenvalue weighted by molar-refractivity contribution is 5.97. The Hall–Kier alpha value is -2.71. The van der Waals surface area contributed by atoms with Crippen LogP contribution in [0.15, 0.2) is 36.5 Å². The second kappa shape index (κ2) is 8.97. The molecule has 0 bridgehead atoms. The normalized spacial score (nSPS) is 23.5. The zero-order chi connectivity index (χ0) is 21.1. The molecule has 30 heavy (non-hydrogen) atoms. The Labute approximate surface area is 176 Å². The van der Waals surface area contributed by atoms with Crippen LogP contribution in [-0.4, -0.2) is 57.8 Å². The van der Waals surface area contributed by atoms with E-state index in [1.54, 1.807) is 4.90 Å². The first-order valence-corrected chi connectivity index (χ1v) is 10.5. The molecule has 3 atom stereocenters. The fourth-order valence-corrected chi connectivity index (χ4v) is 4.14. The van der Waals surface area contributed by atoms with Crippen LogP contribution in [0.25, 0.3) is 0 Å². The van der Waals surface area contributed by atoms with Crippen LogP contribution in [0.3, 0.4) is 0 Å². The van der Waals surface area contributed by atoms with Crippen molar-refractivity contribution < 1.29 is 14.3 Å². The number of aromatic nitrogens is 2. The molecular formula is C22H29N5O3. The largest absolute Gasteiger partial charge is 0.374 e. The van der Waals surface area contributed by atoms with Crippen LogP contribution in [0.2, 0.25) is 0 Å². The average Bonchev–Trinajstić information content (AvgIpc) is 3.34. The third-order valence-electron chi connectivity index (χ3n) is 5.85. The first-order chi connectivity index (χ1) is 14.5. The van der Waals surface area contributed by atoms with Crippen molar-refractivity contribution in [1.82, 2.24) is 25.3 Å². The fourth-order valence-electron chi connectivity index (χ4n) is 4.14. The van der Waals surface area contributed by atoms with E-state index >= 15 is 0 Å². The minimum absolute atomic E-state index is 0.0630. The quantitative estimate of drug-likeness (QED) is 0.676. The molecule has 2 fully saturated rings. The van der Waals surface area contributed by atoms with Gasteiger partial charge in [0.15, 0.2) is 0 Å². The number of carbonyl (C=O) groups excluding carboxylic acids is 2. The van der Waals surface area contributed by atoms with E-state index in [4.69, 9.17) is 4.74 Å². The van der Waals surface area contributed by atoms with Crippen LogP contribution in [0.5, 0.6) is 0 Å². The molecule has 2 saturated heterocycles. The summed E-state index contributed by atoms with van der Waals surface area (Å²) in [5.41, 5.74) is 3.19.